The smallest absolute Gasteiger partial charge is 0.0432 e. The molecule has 1 aromatic rings. The van der Waals surface area contributed by atoms with Crippen molar-refractivity contribution in [2.45, 2.75) is 32.6 Å². The van der Waals surface area contributed by atoms with Crippen LogP contribution >= 0.6 is 24.8 Å². The Labute approximate surface area is 122 Å². The Morgan fingerprint density at radius 3 is 2.11 bits per heavy atom. The lowest BCUT2D eigenvalue weighted by atomic mass is 9.91. The number of nitrogens with zero attached hydrogens (tertiary/aromatic N) is 1. The quantitative estimate of drug-likeness (QED) is 0.894. The third-order valence-electron chi connectivity index (χ3n) is 3.71. The fraction of sp³-hybridized carbons (Fsp3) is 0.571. The summed E-state index contributed by atoms with van der Waals surface area (Å²) in [7, 11) is 0. The summed E-state index contributed by atoms with van der Waals surface area (Å²) in [6.07, 6.45) is 5.17. The van der Waals surface area contributed by atoms with Crippen LogP contribution in [0.3, 0.4) is 0 Å². The highest BCUT2D eigenvalue weighted by Gasteiger charge is 2.23. The molecule has 0 fully saturated rings. The molecule has 0 bridgehead atoms. The maximum Gasteiger partial charge on any atom is 0.0432 e. The lowest BCUT2D eigenvalue weighted by Crippen LogP contribution is -2.34. The van der Waals surface area contributed by atoms with Gasteiger partial charge >= 0.3 is 0 Å². The van der Waals surface area contributed by atoms with E-state index in [-0.39, 0.29) is 24.8 Å². The average molecular weight is 289 g/mol. The molecule has 0 radical (unpaired) electrons. The second-order valence-electron chi connectivity index (χ2n) is 4.87. The summed E-state index contributed by atoms with van der Waals surface area (Å²) >= 11 is 0. The largest absolute Gasteiger partial charge is 0.385 e. The van der Waals surface area contributed by atoms with E-state index in [1.165, 1.54) is 44.5 Å². The molecule has 2 aliphatic heterocycles. The van der Waals surface area contributed by atoms with Gasteiger partial charge in [-0.15, -0.1) is 24.8 Å². The van der Waals surface area contributed by atoms with Gasteiger partial charge in [-0.1, -0.05) is 0 Å². The summed E-state index contributed by atoms with van der Waals surface area (Å²) in [6.45, 7) is 5.71. The number of hydrogen-bond acceptors (Lipinski definition) is 2. The minimum atomic E-state index is 0. The Morgan fingerprint density at radius 1 is 1.06 bits per heavy atom. The molecular formula is C14H22Cl2N2. The van der Waals surface area contributed by atoms with E-state index < -0.39 is 0 Å². The SMILES string of the molecule is CCNc1cc2c3c(c1)CCCN3CCC2.Cl.Cl. The highest BCUT2D eigenvalue weighted by atomic mass is 35.5. The van der Waals surface area contributed by atoms with Crippen LogP contribution in [0, 0.1) is 0 Å². The number of rotatable bonds is 2. The van der Waals surface area contributed by atoms with Crippen molar-refractivity contribution in [1.29, 1.82) is 0 Å². The lowest BCUT2D eigenvalue weighted by Gasteiger charge is -2.37. The zero-order valence-electron chi connectivity index (χ0n) is 10.9. The first-order valence-corrected chi connectivity index (χ1v) is 6.53. The van der Waals surface area contributed by atoms with Crippen LogP contribution < -0.4 is 10.2 Å². The van der Waals surface area contributed by atoms with Gasteiger partial charge in [0.05, 0.1) is 0 Å². The van der Waals surface area contributed by atoms with Crippen LogP contribution in [0.15, 0.2) is 12.1 Å². The molecule has 0 unspecified atom stereocenters. The summed E-state index contributed by atoms with van der Waals surface area (Å²) in [6, 6.07) is 4.72. The van der Waals surface area contributed by atoms with Gasteiger partial charge in [0.1, 0.15) is 0 Å². The van der Waals surface area contributed by atoms with Gasteiger partial charge in [-0.3, -0.25) is 0 Å². The van der Waals surface area contributed by atoms with E-state index in [4.69, 9.17) is 0 Å². The molecule has 0 amide bonds. The van der Waals surface area contributed by atoms with Gasteiger partial charge < -0.3 is 10.2 Å². The van der Waals surface area contributed by atoms with E-state index >= 15 is 0 Å². The van der Waals surface area contributed by atoms with Crippen molar-refractivity contribution in [3.05, 3.63) is 23.3 Å². The molecule has 0 saturated heterocycles. The summed E-state index contributed by atoms with van der Waals surface area (Å²) < 4.78 is 0. The zero-order chi connectivity index (χ0) is 11.0. The van der Waals surface area contributed by atoms with Crippen molar-refractivity contribution >= 4 is 36.2 Å². The Bertz CT molecular complexity index is 376. The molecule has 0 atom stereocenters. The van der Waals surface area contributed by atoms with Crippen LogP contribution in [0.5, 0.6) is 0 Å². The summed E-state index contributed by atoms with van der Waals surface area (Å²) in [5.74, 6) is 0. The van der Waals surface area contributed by atoms with Gasteiger partial charge in [0, 0.05) is 31.0 Å². The van der Waals surface area contributed by atoms with Crippen LogP contribution in [0.4, 0.5) is 11.4 Å². The van der Waals surface area contributed by atoms with E-state index in [9.17, 15) is 0 Å². The maximum absolute atomic E-state index is 3.45. The van der Waals surface area contributed by atoms with Crippen molar-refractivity contribution in [3.8, 4) is 0 Å². The molecule has 1 N–H and O–H groups in total. The minimum absolute atomic E-state index is 0. The van der Waals surface area contributed by atoms with Crippen molar-refractivity contribution < 1.29 is 0 Å². The number of halogens is 2. The fourth-order valence-electron chi connectivity index (χ4n) is 3.11. The third-order valence-corrected chi connectivity index (χ3v) is 3.71. The summed E-state index contributed by atoms with van der Waals surface area (Å²) in [5.41, 5.74) is 6.03. The van der Waals surface area contributed by atoms with Gasteiger partial charge in [-0.25, -0.2) is 0 Å². The Kier molecular flexibility index (Phi) is 5.61. The average Bonchev–Trinajstić information content (AvgIpc) is 2.30. The Morgan fingerprint density at radius 2 is 1.61 bits per heavy atom. The highest BCUT2D eigenvalue weighted by molar-refractivity contribution is 5.85. The second-order valence-corrected chi connectivity index (χ2v) is 4.87. The minimum Gasteiger partial charge on any atom is -0.385 e. The predicted molar refractivity (Wildman–Crippen MR) is 84.0 cm³/mol. The van der Waals surface area contributed by atoms with Crippen LogP contribution in [0.2, 0.25) is 0 Å². The molecule has 0 aromatic heterocycles. The van der Waals surface area contributed by atoms with E-state index in [2.05, 4.69) is 29.3 Å². The molecule has 2 nitrogen and oxygen atoms in total. The predicted octanol–water partition coefficient (Wildman–Crippen LogP) is 3.66. The molecule has 3 rings (SSSR count). The molecule has 0 aliphatic carbocycles. The molecule has 0 saturated carbocycles. The second kappa shape index (κ2) is 6.53. The maximum atomic E-state index is 3.45. The van der Waals surface area contributed by atoms with Crippen molar-refractivity contribution in [1.82, 2.24) is 0 Å². The topological polar surface area (TPSA) is 15.3 Å². The molecule has 1 aromatic carbocycles. The van der Waals surface area contributed by atoms with Crippen molar-refractivity contribution in [3.63, 3.8) is 0 Å². The molecule has 2 aliphatic rings. The number of aryl methyl sites for hydroxylation is 2. The van der Waals surface area contributed by atoms with E-state index in [0.717, 1.165) is 6.54 Å². The van der Waals surface area contributed by atoms with Crippen LogP contribution in [-0.4, -0.2) is 19.6 Å². The zero-order valence-corrected chi connectivity index (χ0v) is 12.5. The monoisotopic (exact) mass is 288 g/mol. The van der Waals surface area contributed by atoms with E-state index in [0.29, 0.717) is 0 Å². The fourth-order valence-corrected chi connectivity index (χ4v) is 3.11. The molecule has 102 valence electrons. The van der Waals surface area contributed by atoms with Gasteiger partial charge in [0.25, 0.3) is 0 Å². The first-order valence-electron chi connectivity index (χ1n) is 6.53. The molecule has 2 heterocycles. The van der Waals surface area contributed by atoms with Crippen molar-refractivity contribution in [2.24, 2.45) is 0 Å². The number of nitrogens with one attached hydrogen (secondary N) is 1. The lowest BCUT2D eigenvalue weighted by molar-refractivity contribution is 0.634. The molecule has 0 spiro atoms. The standard InChI is InChI=1S/C14H20N2.2ClH/c1-2-15-13-9-11-5-3-7-16-8-4-6-12(10-13)14(11)16;;/h9-10,15H,2-8H2,1H3;2*1H. The Hall–Kier alpha value is -0.600. The number of benzene rings is 1. The summed E-state index contributed by atoms with van der Waals surface area (Å²) in [4.78, 5) is 2.59. The normalized spacial score (nSPS) is 16.2. The Balaban J connectivity index is 0.000000810. The molecule has 4 heteroatoms. The van der Waals surface area contributed by atoms with Gasteiger partial charge in [0.15, 0.2) is 0 Å². The van der Waals surface area contributed by atoms with Crippen LogP contribution in [0.1, 0.15) is 30.9 Å². The first-order chi connectivity index (χ1) is 7.88. The number of anilines is 2. The molecule has 18 heavy (non-hydrogen) atoms. The summed E-state index contributed by atoms with van der Waals surface area (Å²) in [5, 5.41) is 3.45. The van der Waals surface area contributed by atoms with Gasteiger partial charge in [-0.05, 0) is 55.9 Å². The van der Waals surface area contributed by atoms with Crippen molar-refractivity contribution in [2.75, 3.05) is 29.9 Å². The third kappa shape index (κ3) is 2.70. The van der Waals surface area contributed by atoms with Crippen LogP contribution in [0.25, 0.3) is 0 Å². The first kappa shape index (κ1) is 15.5. The van der Waals surface area contributed by atoms with E-state index in [1.54, 1.807) is 16.8 Å². The van der Waals surface area contributed by atoms with E-state index in [1.807, 2.05) is 0 Å². The number of hydrogen-bond donors (Lipinski definition) is 1. The van der Waals surface area contributed by atoms with Crippen LogP contribution in [-0.2, 0) is 12.8 Å². The van der Waals surface area contributed by atoms with Gasteiger partial charge in [0.2, 0.25) is 0 Å². The molecular weight excluding hydrogens is 267 g/mol. The van der Waals surface area contributed by atoms with Gasteiger partial charge in [-0.2, -0.15) is 0 Å². The highest BCUT2D eigenvalue weighted by Crippen LogP contribution is 2.37.